The average molecular weight is 405 g/mol. The highest BCUT2D eigenvalue weighted by Crippen LogP contribution is 2.70. The number of aliphatic hydroxyl groups excluding tert-OH is 3. The molecule has 0 bridgehead atoms. The number of carbonyl (C=O) groups excluding carboxylic acids is 2. The highest BCUT2D eigenvalue weighted by atomic mass is 16.3. The Hall–Kier alpha value is -1.04. The Bertz CT molecular complexity index is 812. The molecule has 0 amide bonds. The molecular weight excluding hydrogens is 368 g/mol. The van der Waals surface area contributed by atoms with Gasteiger partial charge in [-0.25, -0.2) is 0 Å². The van der Waals surface area contributed by atoms with Gasteiger partial charge in [0.1, 0.15) is 11.6 Å². The molecule has 5 nitrogen and oxygen atoms in total. The smallest absolute Gasteiger partial charge is 0.144 e. The second-order valence-electron chi connectivity index (χ2n) is 11.5. The molecule has 0 aromatic rings. The van der Waals surface area contributed by atoms with Gasteiger partial charge in [0.25, 0.3) is 0 Å². The van der Waals surface area contributed by atoms with Gasteiger partial charge in [0.15, 0.2) is 0 Å². The summed E-state index contributed by atoms with van der Waals surface area (Å²) in [7, 11) is 0. The molecule has 0 aliphatic heterocycles. The highest BCUT2D eigenvalue weighted by Gasteiger charge is 2.70. The molecule has 3 N–H and O–H groups in total. The van der Waals surface area contributed by atoms with E-state index in [0.29, 0.717) is 24.8 Å². The number of Topliss-reactive ketones (excluding diaryl/α,β-unsaturated/α-hetero) is 2. The van der Waals surface area contributed by atoms with E-state index in [1.807, 2.05) is 27.7 Å². The van der Waals surface area contributed by atoms with Crippen molar-refractivity contribution in [2.24, 2.45) is 33.5 Å². The van der Waals surface area contributed by atoms with E-state index in [4.69, 9.17) is 0 Å². The molecule has 0 unspecified atom stereocenters. The Balaban J connectivity index is 1.96. The maximum absolute atomic E-state index is 13.4. The number of rotatable bonds is 1. The van der Waals surface area contributed by atoms with Crippen LogP contribution in [-0.2, 0) is 9.59 Å². The van der Waals surface area contributed by atoms with Crippen molar-refractivity contribution in [3.05, 3.63) is 11.1 Å². The summed E-state index contributed by atoms with van der Waals surface area (Å²) < 4.78 is 0. The van der Waals surface area contributed by atoms with E-state index in [9.17, 15) is 24.9 Å². The van der Waals surface area contributed by atoms with Crippen molar-refractivity contribution < 1.29 is 24.9 Å². The van der Waals surface area contributed by atoms with Crippen molar-refractivity contribution >= 4 is 11.6 Å². The topological polar surface area (TPSA) is 94.8 Å². The second-order valence-corrected chi connectivity index (χ2v) is 11.5. The Labute approximate surface area is 173 Å². The predicted molar refractivity (Wildman–Crippen MR) is 109 cm³/mol. The van der Waals surface area contributed by atoms with Crippen molar-refractivity contribution in [2.75, 3.05) is 0 Å². The molecule has 5 heteroatoms. The number of aliphatic hydroxyl groups is 3. The number of ketones is 2. The van der Waals surface area contributed by atoms with Crippen LogP contribution in [0, 0.1) is 33.5 Å². The van der Waals surface area contributed by atoms with Crippen LogP contribution in [0.1, 0.15) is 73.6 Å². The first-order chi connectivity index (χ1) is 13.2. The Morgan fingerprint density at radius 2 is 1.62 bits per heavy atom. The molecule has 4 aliphatic carbocycles. The first-order valence-electron chi connectivity index (χ1n) is 11.1. The van der Waals surface area contributed by atoms with Crippen molar-refractivity contribution in [3.8, 4) is 0 Å². The molecular formula is C24H36O5. The van der Waals surface area contributed by atoms with Gasteiger partial charge in [0.05, 0.1) is 23.7 Å². The third-order valence-electron chi connectivity index (χ3n) is 10.00. The molecule has 4 rings (SSSR count). The molecule has 29 heavy (non-hydrogen) atoms. The highest BCUT2D eigenvalue weighted by molar-refractivity contribution is 5.98. The lowest BCUT2D eigenvalue weighted by atomic mass is 9.42. The van der Waals surface area contributed by atoms with E-state index in [2.05, 4.69) is 6.92 Å². The van der Waals surface area contributed by atoms with Gasteiger partial charge < -0.3 is 15.3 Å². The van der Waals surface area contributed by atoms with Gasteiger partial charge >= 0.3 is 0 Å². The quantitative estimate of drug-likeness (QED) is 0.584. The van der Waals surface area contributed by atoms with Gasteiger partial charge in [-0.15, -0.1) is 0 Å². The van der Waals surface area contributed by atoms with Crippen LogP contribution in [0.2, 0.25) is 0 Å². The predicted octanol–water partition coefficient (Wildman–Crippen LogP) is 2.81. The lowest BCUT2D eigenvalue weighted by Gasteiger charge is -2.63. The zero-order chi connectivity index (χ0) is 21.7. The van der Waals surface area contributed by atoms with E-state index >= 15 is 0 Å². The fraction of sp³-hybridized carbons (Fsp3) is 0.833. The summed E-state index contributed by atoms with van der Waals surface area (Å²) >= 11 is 0. The minimum absolute atomic E-state index is 0.00946. The summed E-state index contributed by atoms with van der Waals surface area (Å²) in [6, 6.07) is 0. The van der Waals surface area contributed by atoms with E-state index in [0.717, 1.165) is 12.0 Å². The van der Waals surface area contributed by atoms with Gasteiger partial charge in [0, 0.05) is 12.3 Å². The zero-order valence-electron chi connectivity index (χ0n) is 18.6. The summed E-state index contributed by atoms with van der Waals surface area (Å²) in [6.07, 6.45) is 0.284. The number of carbonyl (C=O) groups is 2. The lowest BCUT2D eigenvalue weighted by Crippen LogP contribution is -2.61. The zero-order valence-corrected chi connectivity index (χ0v) is 18.6. The number of fused-ring (bicyclic) bond motifs is 4. The summed E-state index contributed by atoms with van der Waals surface area (Å²) in [6.45, 7) is 11.6. The molecule has 2 saturated carbocycles. The first-order valence-corrected chi connectivity index (χ1v) is 11.1. The van der Waals surface area contributed by atoms with Gasteiger partial charge in [0.2, 0.25) is 0 Å². The summed E-state index contributed by atoms with van der Waals surface area (Å²) in [4.78, 5) is 25.8. The van der Waals surface area contributed by atoms with Crippen LogP contribution in [0.15, 0.2) is 11.1 Å². The maximum atomic E-state index is 13.4. The van der Waals surface area contributed by atoms with Crippen LogP contribution >= 0.6 is 0 Å². The molecule has 0 spiro atoms. The van der Waals surface area contributed by atoms with Crippen LogP contribution in [0.4, 0.5) is 0 Å². The summed E-state index contributed by atoms with van der Waals surface area (Å²) in [5, 5.41) is 33.5. The Kier molecular flexibility index (Phi) is 4.40. The van der Waals surface area contributed by atoms with E-state index in [1.165, 1.54) is 6.92 Å². The van der Waals surface area contributed by atoms with Gasteiger partial charge in [-0.2, -0.15) is 0 Å². The minimum Gasteiger partial charge on any atom is -0.393 e. The molecule has 162 valence electrons. The molecule has 0 radical (unpaired) electrons. The van der Waals surface area contributed by atoms with Crippen molar-refractivity contribution in [2.45, 2.75) is 92.0 Å². The molecule has 2 fully saturated rings. The van der Waals surface area contributed by atoms with E-state index < -0.39 is 40.5 Å². The molecule has 8 atom stereocenters. The number of hydrogen-bond donors (Lipinski definition) is 3. The summed E-state index contributed by atoms with van der Waals surface area (Å²) in [5.74, 6) is -0.422. The third-order valence-corrected chi connectivity index (χ3v) is 10.00. The van der Waals surface area contributed by atoms with Crippen molar-refractivity contribution in [3.63, 3.8) is 0 Å². The van der Waals surface area contributed by atoms with E-state index in [-0.39, 0.29) is 29.3 Å². The van der Waals surface area contributed by atoms with Gasteiger partial charge in [-0.3, -0.25) is 9.59 Å². The standard InChI is InChI=1S/C24H36O5/c1-12(25)13-9-18(29)24(6)20-14(26)10-16-21(2,3)17(28)7-8-22(16,4)19(20)15(27)11-23(13,24)5/h13-17,26-28H,7-11H2,1-6H3/t13-,14+,15+,16+,17+,22+,23-,24+/m1/s1. The molecule has 0 saturated heterocycles. The largest absolute Gasteiger partial charge is 0.393 e. The monoisotopic (exact) mass is 404 g/mol. The van der Waals surface area contributed by atoms with E-state index in [1.54, 1.807) is 0 Å². The van der Waals surface area contributed by atoms with Crippen molar-refractivity contribution in [1.29, 1.82) is 0 Å². The normalized spacial score (nSPS) is 51.3. The second kappa shape index (κ2) is 6.02. The van der Waals surface area contributed by atoms with Gasteiger partial charge in [-0.05, 0) is 72.8 Å². The average Bonchev–Trinajstić information content (AvgIpc) is 2.81. The van der Waals surface area contributed by atoms with Crippen molar-refractivity contribution in [1.82, 2.24) is 0 Å². The van der Waals surface area contributed by atoms with Crippen LogP contribution in [0.5, 0.6) is 0 Å². The molecule has 0 aromatic carbocycles. The molecule has 0 heterocycles. The van der Waals surface area contributed by atoms with Crippen LogP contribution in [0.3, 0.4) is 0 Å². The maximum Gasteiger partial charge on any atom is 0.144 e. The summed E-state index contributed by atoms with van der Waals surface area (Å²) in [5.41, 5.74) is -0.907. The van der Waals surface area contributed by atoms with Crippen LogP contribution in [0.25, 0.3) is 0 Å². The molecule has 4 aliphatic rings. The first kappa shape index (κ1) is 21.2. The lowest BCUT2D eigenvalue weighted by molar-refractivity contribution is -0.140. The Morgan fingerprint density at radius 1 is 1.00 bits per heavy atom. The SMILES string of the molecule is CC(=O)[C@H]1CC(=O)[C@@]2(C)C3=C([C@@H](O)C[C@]12C)[C@@]1(C)CC[C@H](O)C(C)(C)[C@@H]1C[C@@H]3O. The Morgan fingerprint density at radius 3 is 2.21 bits per heavy atom. The van der Waals surface area contributed by atoms with Crippen LogP contribution in [-0.4, -0.2) is 45.2 Å². The van der Waals surface area contributed by atoms with Gasteiger partial charge in [-0.1, -0.05) is 27.7 Å². The molecule has 0 aromatic heterocycles. The fourth-order valence-corrected chi connectivity index (χ4v) is 8.10. The minimum atomic E-state index is -0.939. The van der Waals surface area contributed by atoms with Crippen LogP contribution < -0.4 is 0 Å². The fourth-order valence-electron chi connectivity index (χ4n) is 8.10. The number of hydrogen-bond acceptors (Lipinski definition) is 5. The third kappa shape index (κ3) is 2.33.